The van der Waals surface area contributed by atoms with Gasteiger partial charge in [-0.3, -0.25) is 9.36 Å². The molecule has 2 heterocycles. The number of benzene rings is 2. The van der Waals surface area contributed by atoms with E-state index in [1.165, 1.54) is 14.2 Å². The van der Waals surface area contributed by atoms with E-state index in [9.17, 15) is 9.90 Å². The first-order chi connectivity index (χ1) is 13.5. The summed E-state index contributed by atoms with van der Waals surface area (Å²) in [7, 11) is 2.99. The number of nitrogens with zero attached hydrogens (tertiary/aromatic N) is 2. The van der Waals surface area contributed by atoms with Gasteiger partial charge in [-0.25, -0.2) is 4.98 Å². The van der Waals surface area contributed by atoms with E-state index in [0.29, 0.717) is 29.3 Å². The maximum Gasteiger partial charge on any atom is 0.261 e. The fraction of sp³-hybridized carbons (Fsp3) is 0.273. The number of ether oxygens (including phenoxy) is 2. The van der Waals surface area contributed by atoms with Gasteiger partial charge in [0.2, 0.25) is 5.75 Å². The van der Waals surface area contributed by atoms with Gasteiger partial charge in [-0.05, 0) is 60.7 Å². The lowest BCUT2D eigenvalue weighted by atomic mass is 10.0. The monoisotopic (exact) mass is 378 g/mol. The highest BCUT2D eigenvalue weighted by Crippen LogP contribution is 2.38. The van der Waals surface area contributed by atoms with Crippen molar-refractivity contribution < 1.29 is 14.6 Å². The third kappa shape index (κ3) is 2.91. The van der Waals surface area contributed by atoms with E-state index in [0.717, 1.165) is 35.1 Å². The molecule has 0 atom stereocenters. The van der Waals surface area contributed by atoms with Crippen LogP contribution in [0.4, 0.5) is 0 Å². The van der Waals surface area contributed by atoms with E-state index in [1.807, 2.05) is 31.2 Å². The number of phenols is 1. The van der Waals surface area contributed by atoms with Crippen molar-refractivity contribution in [2.75, 3.05) is 14.2 Å². The Morgan fingerprint density at radius 3 is 2.57 bits per heavy atom. The minimum absolute atomic E-state index is 0.00447. The maximum atomic E-state index is 13.0. The van der Waals surface area contributed by atoms with E-state index in [2.05, 4.69) is 0 Å². The first-order valence-electron chi connectivity index (χ1n) is 9.19. The van der Waals surface area contributed by atoms with Crippen LogP contribution in [0.25, 0.3) is 22.6 Å². The number of rotatable bonds is 3. The highest BCUT2D eigenvalue weighted by atomic mass is 16.5. The number of allylic oxidation sites excluding steroid dienone is 1. The minimum Gasteiger partial charge on any atom is -0.502 e. The summed E-state index contributed by atoms with van der Waals surface area (Å²) in [6, 6.07) is 9.18. The Morgan fingerprint density at radius 1 is 1.18 bits per heavy atom. The van der Waals surface area contributed by atoms with E-state index in [4.69, 9.17) is 14.5 Å². The number of para-hydroxylation sites is 1. The van der Waals surface area contributed by atoms with Crippen LogP contribution in [-0.4, -0.2) is 28.9 Å². The third-order valence-corrected chi connectivity index (χ3v) is 5.14. The van der Waals surface area contributed by atoms with Gasteiger partial charge < -0.3 is 14.6 Å². The molecule has 2 aromatic carbocycles. The number of aromatic hydroxyl groups is 1. The number of hydrogen-bond acceptors (Lipinski definition) is 5. The first kappa shape index (κ1) is 18.1. The molecule has 28 heavy (non-hydrogen) atoms. The maximum absolute atomic E-state index is 13.0. The Balaban J connectivity index is 1.92. The summed E-state index contributed by atoms with van der Waals surface area (Å²) < 4.78 is 12.3. The van der Waals surface area contributed by atoms with Crippen molar-refractivity contribution in [3.8, 4) is 17.2 Å². The normalized spacial score (nSPS) is 14.9. The van der Waals surface area contributed by atoms with Crippen LogP contribution < -0.4 is 15.0 Å². The van der Waals surface area contributed by atoms with E-state index in [1.54, 1.807) is 16.7 Å². The van der Waals surface area contributed by atoms with Gasteiger partial charge in [0.05, 0.1) is 25.1 Å². The summed E-state index contributed by atoms with van der Waals surface area (Å²) in [5.74, 6) is 1.33. The number of hydrogen-bond donors (Lipinski definition) is 1. The van der Waals surface area contributed by atoms with Crippen LogP contribution in [0.2, 0.25) is 0 Å². The molecule has 0 unspecified atom stereocenters. The zero-order valence-electron chi connectivity index (χ0n) is 16.2. The Hall–Kier alpha value is -3.28. The van der Waals surface area contributed by atoms with Crippen LogP contribution in [-0.2, 0) is 6.54 Å². The smallest absolute Gasteiger partial charge is 0.261 e. The summed E-state index contributed by atoms with van der Waals surface area (Å²) in [4.78, 5) is 17.8. The van der Waals surface area contributed by atoms with Gasteiger partial charge in [0.25, 0.3) is 5.56 Å². The molecule has 0 fully saturated rings. The molecule has 0 saturated carbocycles. The van der Waals surface area contributed by atoms with Crippen molar-refractivity contribution in [1.29, 1.82) is 0 Å². The quantitative estimate of drug-likeness (QED) is 0.751. The molecule has 1 aliphatic heterocycles. The number of fused-ring (bicyclic) bond motifs is 2. The summed E-state index contributed by atoms with van der Waals surface area (Å²) >= 11 is 0. The summed E-state index contributed by atoms with van der Waals surface area (Å²) in [5.41, 5.74) is 3.51. The highest BCUT2D eigenvalue weighted by molar-refractivity contribution is 5.86. The van der Waals surface area contributed by atoms with Crippen molar-refractivity contribution in [3.05, 3.63) is 57.6 Å². The third-order valence-electron chi connectivity index (χ3n) is 5.14. The summed E-state index contributed by atoms with van der Waals surface area (Å²) in [6.45, 7) is 2.62. The van der Waals surface area contributed by atoms with Crippen LogP contribution in [0.15, 0.2) is 35.1 Å². The van der Waals surface area contributed by atoms with Gasteiger partial charge in [-0.2, -0.15) is 0 Å². The van der Waals surface area contributed by atoms with Gasteiger partial charge in [0.15, 0.2) is 11.5 Å². The molecule has 6 heteroatoms. The Bertz CT molecular complexity index is 1140. The van der Waals surface area contributed by atoms with Gasteiger partial charge in [-0.1, -0.05) is 12.1 Å². The number of aryl methyl sites for hydroxylation is 1. The lowest BCUT2D eigenvalue weighted by molar-refractivity contribution is 0.340. The second-order valence-corrected chi connectivity index (χ2v) is 6.91. The second kappa shape index (κ2) is 7.03. The summed E-state index contributed by atoms with van der Waals surface area (Å²) in [5, 5.41) is 10.8. The Labute approximate surface area is 162 Å². The molecule has 0 bridgehead atoms. The van der Waals surface area contributed by atoms with Crippen LogP contribution in [0.5, 0.6) is 17.2 Å². The lowest BCUT2D eigenvalue weighted by Gasteiger charge is -2.21. The first-order valence-corrected chi connectivity index (χ1v) is 9.19. The molecule has 144 valence electrons. The van der Waals surface area contributed by atoms with E-state index >= 15 is 0 Å². The van der Waals surface area contributed by atoms with Crippen LogP contribution in [0.3, 0.4) is 0 Å². The fourth-order valence-electron chi connectivity index (χ4n) is 3.71. The van der Waals surface area contributed by atoms with Crippen molar-refractivity contribution in [3.63, 3.8) is 0 Å². The van der Waals surface area contributed by atoms with Crippen molar-refractivity contribution in [1.82, 2.24) is 9.55 Å². The van der Waals surface area contributed by atoms with Crippen molar-refractivity contribution in [2.24, 2.45) is 0 Å². The van der Waals surface area contributed by atoms with Gasteiger partial charge in [0.1, 0.15) is 5.82 Å². The number of phenolic OH excluding ortho intramolecular Hbond substituents is 1. The second-order valence-electron chi connectivity index (χ2n) is 6.91. The van der Waals surface area contributed by atoms with E-state index in [-0.39, 0.29) is 11.3 Å². The predicted octanol–water partition coefficient (Wildman–Crippen LogP) is 3.76. The van der Waals surface area contributed by atoms with Gasteiger partial charge >= 0.3 is 0 Å². The molecule has 0 saturated heterocycles. The fourth-order valence-corrected chi connectivity index (χ4v) is 3.71. The van der Waals surface area contributed by atoms with Crippen LogP contribution in [0, 0.1) is 6.92 Å². The van der Waals surface area contributed by atoms with Crippen LogP contribution in [0.1, 0.15) is 29.8 Å². The number of aromatic nitrogens is 2. The molecule has 1 N–H and O–H groups in total. The molecule has 1 aliphatic rings. The molecular formula is C22H22N2O4. The van der Waals surface area contributed by atoms with Crippen molar-refractivity contribution >= 4 is 22.6 Å². The topological polar surface area (TPSA) is 73.6 Å². The Morgan fingerprint density at radius 2 is 1.89 bits per heavy atom. The average molecular weight is 378 g/mol. The lowest BCUT2D eigenvalue weighted by Crippen LogP contribution is -2.28. The zero-order valence-corrected chi connectivity index (χ0v) is 16.2. The zero-order chi connectivity index (χ0) is 19.8. The van der Waals surface area contributed by atoms with Gasteiger partial charge in [-0.15, -0.1) is 0 Å². The Kier molecular flexibility index (Phi) is 4.55. The molecule has 6 nitrogen and oxygen atoms in total. The standard InChI is InChI=1S/C22H22N2O4/c1-13-6-4-8-16-19(13)23-21-15(7-5-9-24(21)22(16)26)10-14-11-17(27-2)20(25)18(12-14)28-3/h4,6,8,10-12,25H,5,7,9H2,1-3H3/b15-10+. The van der Waals surface area contributed by atoms with Crippen LogP contribution >= 0.6 is 0 Å². The summed E-state index contributed by atoms with van der Waals surface area (Å²) in [6.07, 6.45) is 3.66. The predicted molar refractivity (Wildman–Crippen MR) is 109 cm³/mol. The SMILES string of the molecule is COc1cc(/C=C2\CCCn3c2nc2c(C)cccc2c3=O)cc(OC)c1O. The molecule has 0 radical (unpaired) electrons. The molecule has 0 aliphatic carbocycles. The largest absolute Gasteiger partial charge is 0.502 e. The minimum atomic E-state index is -0.0350. The molecule has 0 spiro atoms. The molecule has 4 rings (SSSR count). The molecule has 0 amide bonds. The highest BCUT2D eigenvalue weighted by Gasteiger charge is 2.20. The van der Waals surface area contributed by atoms with E-state index < -0.39 is 0 Å². The van der Waals surface area contributed by atoms with Gasteiger partial charge in [0, 0.05) is 6.54 Å². The average Bonchev–Trinajstić information content (AvgIpc) is 2.70. The number of methoxy groups -OCH3 is 2. The molecule has 3 aromatic rings. The van der Waals surface area contributed by atoms with Crippen molar-refractivity contribution in [2.45, 2.75) is 26.3 Å². The molecule has 1 aromatic heterocycles. The molecular weight excluding hydrogens is 356 g/mol.